The lowest BCUT2D eigenvalue weighted by atomic mass is 10.2. The maximum absolute atomic E-state index is 11.7. The minimum absolute atomic E-state index is 0.276. The van der Waals surface area contributed by atoms with Gasteiger partial charge < -0.3 is 19.8 Å². The van der Waals surface area contributed by atoms with Crippen molar-refractivity contribution in [2.24, 2.45) is 0 Å². The van der Waals surface area contributed by atoms with Crippen molar-refractivity contribution in [2.45, 2.75) is 6.54 Å². The summed E-state index contributed by atoms with van der Waals surface area (Å²) in [4.78, 5) is 20.1. The fraction of sp³-hybridized carbons (Fsp3) is 0.0952. The number of hydrogen-bond acceptors (Lipinski definition) is 6. The molecule has 4 aromatic rings. The van der Waals surface area contributed by atoms with Crippen molar-refractivity contribution in [2.75, 3.05) is 12.4 Å². The fourth-order valence-electron chi connectivity index (χ4n) is 2.73. The van der Waals surface area contributed by atoms with Gasteiger partial charge in [0.1, 0.15) is 22.7 Å². The highest BCUT2D eigenvalue weighted by atomic mass is 35.5. The Labute approximate surface area is 171 Å². The van der Waals surface area contributed by atoms with Crippen LogP contribution < -0.4 is 15.4 Å². The summed E-state index contributed by atoms with van der Waals surface area (Å²) in [6.45, 7) is 0.538. The highest BCUT2D eigenvalue weighted by molar-refractivity contribution is 6.30. The molecule has 0 aliphatic heterocycles. The molecule has 0 bridgehead atoms. The average Bonchev–Trinajstić information content (AvgIpc) is 3.14. The first kappa shape index (κ1) is 18.8. The Kier molecular flexibility index (Phi) is 5.31. The van der Waals surface area contributed by atoms with E-state index in [1.807, 2.05) is 24.3 Å². The van der Waals surface area contributed by atoms with E-state index in [4.69, 9.17) is 20.8 Å². The predicted molar refractivity (Wildman–Crippen MR) is 110 cm³/mol. The van der Waals surface area contributed by atoms with Gasteiger partial charge in [0.25, 0.3) is 11.9 Å². The third kappa shape index (κ3) is 4.47. The van der Waals surface area contributed by atoms with Crippen molar-refractivity contribution in [3.05, 3.63) is 77.1 Å². The molecule has 0 radical (unpaired) electrons. The number of pyridine rings is 1. The van der Waals surface area contributed by atoms with E-state index in [2.05, 4.69) is 20.6 Å². The van der Waals surface area contributed by atoms with Crippen LogP contribution in [0.15, 0.2) is 65.2 Å². The van der Waals surface area contributed by atoms with E-state index in [1.165, 1.54) is 6.20 Å². The van der Waals surface area contributed by atoms with E-state index >= 15 is 0 Å². The van der Waals surface area contributed by atoms with E-state index < -0.39 is 0 Å². The molecular weight excluding hydrogens is 392 g/mol. The van der Waals surface area contributed by atoms with Gasteiger partial charge in [-0.1, -0.05) is 23.7 Å². The third-order valence-corrected chi connectivity index (χ3v) is 4.35. The molecule has 0 saturated heterocycles. The molecule has 0 aliphatic rings. The number of nitrogens with one attached hydrogen (secondary N) is 2. The smallest absolute Gasteiger partial charge is 0.295 e. The summed E-state index contributed by atoms with van der Waals surface area (Å²) in [5.74, 6) is 0.775. The van der Waals surface area contributed by atoms with Gasteiger partial charge in [-0.3, -0.25) is 9.78 Å². The van der Waals surface area contributed by atoms with Gasteiger partial charge in [0, 0.05) is 36.9 Å². The molecule has 8 heteroatoms. The normalized spacial score (nSPS) is 10.7. The summed E-state index contributed by atoms with van der Waals surface area (Å²) in [6, 6.07) is 16.5. The summed E-state index contributed by atoms with van der Waals surface area (Å²) >= 11 is 6.00. The van der Waals surface area contributed by atoms with E-state index in [-0.39, 0.29) is 11.6 Å². The molecule has 0 saturated carbocycles. The van der Waals surface area contributed by atoms with Crippen molar-refractivity contribution in [3.8, 4) is 11.5 Å². The quantitative estimate of drug-likeness (QED) is 0.483. The Balaban J connectivity index is 1.49. The van der Waals surface area contributed by atoms with Gasteiger partial charge in [-0.15, -0.1) is 0 Å². The molecule has 0 aliphatic carbocycles. The maximum Gasteiger partial charge on any atom is 0.295 e. The molecule has 4 rings (SSSR count). The summed E-state index contributed by atoms with van der Waals surface area (Å²) in [5.41, 5.74) is 2.58. The third-order valence-electron chi connectivity index (χ3n) is 4.12. The van der Waals surface area contributed by atoms with Gasteiger partial charge >= 0.3 is 0 Å². The number of anilines is 1. The van der Waals surface area contributed by atoms with Crippen LogP contribution in [-0.4, -0.2) is 22.9 Å². The van der Waals surface area contributed by atoms with Crippen molar-refractivity contribution in [1.82, 2.24) is 15.3 Å². The number of benzene rings is 2. The molecular formula is C21H17ClN4O3. The second-order valence-electron chi connectivity index (χ2n) is 6.19. The van der Waals surface area contributed by atoms with Crippen molar-refractivity contribution < 1.29 is 13.9 Å². The summed E-state index contributed by atoms with van der Waals surface area (Å²) in [5, 5.41) is 6.35. The lowest BCUT2D eigenvalue weighted by Gasteiger charge is -2.06. The zero-order valence-electron chi connectivity index (χ0n) is 15.5. The lowest BCUT2D eigenvalue weighted by molar-refractivity contribution is 0.0958. The minimum Gasteiger partial charge on any atom is -0.457 e. The number of fused-ring (bicyclic) bond motifs is 1. The fourth-order valence-corrected chi connectivity index (χ4v) is 2.94. The SMILES string of the molecule is CNC(=O)c1cc(Oc2ccc3nc(NCc4cccc(Cl)c4)oc3c2)ccn1. The molecule has 29 heavy (non-hydrogen) atoms. The number of carbonyl (C=O) groups excluding carboxylic acids is 1. The first-order chi connectivity index (χ1) is 14.1. The molecule has 2 aromatic heterocycles. The van der Waals surface area contributed by atoms with Crippen LogP contribution in [0.2, 0.25) is 5.02 Å². The highest BCUT2D eigenvalue weighted by Gasteiger charge is 2.10. The van der Waals surface area contributed by atoms with Gasteiger partial charge in [0.05, 0.1) is 0 Å². The van der Waals surface area contributed by atoms with Crippen molar-refractivity contribution in [1.29, 1.82) is 0 Å². The van der Waals surface area contributed by atoms with Gasteiger partial charge in [0.15, 0.2) is 5.58 Å². The van der Waals surface area contributed by atoms with Crippen LogP contribution >= 0.6 is 11.6 Å². The van der Waals surface area contributed by atoms with Crippen molar-refractivity contribution in [3.63, 3.8) is 0 Å². The van der Waals surface area contributed by atoms with Crippen LogP contribution in [0.4, 0.5) is 6.01 Å². The molecule has 0 unspecified atom stereocenters. The first-order valence-corrected chi connectivity index (χ1v) is 9.23. The van der Waals surface area contributed by atoms with E-state index in [0.29, 0.717) is 40.2 Å². The van der Waals surface area contributed by atoms with Gasteiger partial charge in [-0.25, -0.2) is 0 Å². The van der Waals surface area contributed by atoms with E-state index in [9.17, 15) is 4.79 Å². The van der Waals surface area contributed by atoms with Crippen LogP contribution in [0.3, 0.4) is 0 Å². The van der Waals surface area contributed by atoms with Crippen LogP contribution in [0.5, 0.6) is 11.5 Å². The standard InChI is InChI=1S/C21H17ClN4O3/c1-23-20(27)18-10-16(7-8-24-18)28-15-5-6-17-19(11-15)29-21(26-17)25-12-13-3-2-4-14(22)9-13/h2-11H,12H2,1H3,(H,23,27)(H,25,26). The summed E-state index contributed by atoms with van der Waals surface area (Å²) < 4.78 is 11.6. The number of nitrogens with zero attached hydrogens (tertiary/aromatic N) is 2. The van der Waals surface area contributed by atoms with Gasteiger partial charge in [-0.2, -0.15) is 4.98 Å². The first-order valence-electron chi connectivity index (χ1n) is 8.85. The molecule has 2 N–H and O–H groups in total. The van der Waals surface area contributed by atoms with Crippen LogP contribution in [-0.2, 0) is 6.54 Å². The number of hydrogen-bond donors (Lipinski definition) is 2. The average molecular weight is 409 g/mol. The van der Waals surface area contributed by atoms with Crippen molar-refractivity contribution >= 4 is 34.6 Å². The Morgan fingerprint density at radius 3 is 2.83 bits per heavy atom. The number of ether oxygens (including phenoxy) is 1. The monoisotopic (exact) mass is 408 g/mol. The van der Waals surface area contributed by atoms with Crippen LogP contribution in [0, 0.1) is 0 Å². The topological polar surface area (TPSA) is 89.3 Å². The van der Waals surface area contributed by atoms with E-state index in [0.717, 1.165) is 5.56 Å². The number of halogens is 1. The van der Waals surface area contributed by atoms with Gasteiger partial charge in [0.2, 0.25) is 0 Å². The maximum atomic E-state index is 11.7. The summed E-state index contributed by atoms with van der Waals surface area (Å²) in [7, 11) is 1.55. The largest absolute Gasteiger partial charge is 0.457 e. The van der Waals surface area contributed by atoms with Gasteiger partial charge in [-0.05, 0) is 35.9 Å². The number of amides is 1. The molecule has 0 atom stereocenters. The minimum atomic E-state index is -0.281. The summed E-state index contributed by atoms with van der Waals surface area (Å²) in [6.07, 6.45) is 1.52. The highest BCUT2D eigenvalue weighted by Crippen LogP contribution is 2.27. The Bertz CT molecular complexity index is 1180. The molecule has 0 spiro atoms. The molecule has 1 amide bonds. The second-order valence-corrected chi connectivity index (χ2v) is 6.63. The zero-order chi connectivity index (χ0) is 20.2. The molecule has 146 valence electrons. The Morgan fingerprint density at radius 1 is 1.14 bits per heavy atom. The lowest BCUT2D eigenvalue weighted by Crippen LogP contribution is -2.18. The molecule has 7 nitrogen and oxygen atoms in total. The predicted octanol–water partition coefficient (Wildman–Crippen LogP) is 4.64. The van der Waals surface area contributed by atoms with Crippen LogP contribution in [0.25, 0.3) is 11.1 Å². The molecule has 0 fully saturated rings. The molecule has 2 heterocycles. The molecule has 2 aromatic carbocycles. The Morgan fingerprint density at radius 2 is 2.00 bits per heavy atom. The number of oxazole rings is 1. The second kappa shape index (κ2) is 8.20. The Hall–Kier alpha value is -3.58. The number of carbonyl (C=O) groups is 1. The number of rotatable bonds is 6. The number of aromatic nitrogens is 2. The zero-order valence-corrected chi connectivity index (χ0v) is 16.2. The van der Waals surface area contributed by atoms with E-state index in [1.54, 1.807) is 37.4 Å². The van der Waals surface area contributed by atoms with Crippen LogP contribution in [0.1, 0.15) is 16.1 Å².